The number of ketones is 1. The predicted octanol–water partition coefficient (Wildman–Crippen LogP) is 1.97. The van der Waals surface area contributed by atoms with Gasteiger partial charge in [-0.25, -0.2) is 8.42 Å². The highest BCUT2D eigenvalue weighted by Gasteiger charge is 2.61. The lowest BCUT2D eigenvalue weighted by atomic mass is 9.91. The molecule has 0 aromatic rings. The second kappa shape index (κ2) is 9.91. The molecule has 0 aromatic heterocycles. The lowest BCUT2D eigenvalue weighted by molar-refractivity contribution is -0.142. The quantitative estimate of drug-likeness (QED) is 0.534. The lowest BCUT2D eigenvalue weighted by Crippen LogP contribution is -2.52. The zero-order chi connectivity index (χ0) is 25.5. The van der Waals surface area contributed by atoms with Crippen LogP contribution in [0.4, 0.5) is 0 Å². The van der Waals surface area contributed by atoms with Gasteiger partial charge in [-0.1, -0.05) is 25.0 Å². The standard InChI is InChI=1S/C26H37N3O6S/c30-22-16-26(25(33)28-36(34,35)19-12-13-19)15-18(26)7-4-2-1-3-5-8-20(27-23(31)17-10-11-17)24(32)29-14-6-9-21(22)29/h4,7,17-21H,1-3,5-6,8-16H2,(H,27,31)(H,28,33)/b7-4-/t18-,20+,21+,26-/m1/s1. The third-order valence-corrected chi connectivity index (χ3v) is 10.3. The number of hydrogen-bond donors (Lipinski definition) is 2. The van der Waals surface area contributed by atoms with Gasteiger partial charge in [0.05, 0.1) is 16.7 Å². The maximum atomic E-state index is 13.6. The molecule has 9 nitrogen and oxygen atoms in total. The van der Waals surface area contributed by atoms with Crippen LogP contribution < -0.4 is 10.0 Å². The number of sulfonamides is 1. The Kier molecular flexibility index (Phi) is 7.00. The Bertz CT molecular complexity index is 1060. The Morgan fingerprint density at radius 3 is 2.47 bits per heavy atom. The minimum Gasteiger partial charge on any atom is -0.344 e. The summed E-state index contributed by atoms with van der Waals surface area (Å²) >= 11 is 0. The van der Waals surface area contributed by atoms with E-state index in [1.807, 2.05) is 12.2 Å². The fraction of sp³-hybridized carbons (Fsp3) is 0.769. The van der Waals surface area contributed by atoms with E-state index in [4.69, 9.17) is 0 Å². The van der Waals surface area contributed by atoms with Crippen molar-refractivity contribution in [1.29, 1.82) is 0 Å². The number of nitrogens with one attached hydrogen (secondary N) is 2. The zero-order valence-corrected chi connectivity index (χ0v) is 21.6. The van der Waals surface area contributed by atoms with Crippen LogP contribution in [0.1, 0.15) is 83.5 Å². The van der Waals surface area contributed by atoms with Crippen LogP contribution >= 0.6 is 0 Å². The van der Waals surface area contributed by atoms with Crippen molar-refractivity contribution in [2.75, 3.05) is 6.54 Å². The Morgan fingerprint density at radius 2 is 1.75 bits per heavy atom. The summed E-state index contributed by atoms with van der Waals surface area (Å²) < 4.78 is 27.2. The number of rotatable bonds is 5. The van der Waals surface area contributed by atoms with E-state index in [1.54, 1.807) is 4.90 Å². The molecule has 5 rings (SSSR count). The van der Waals surface area contributed by atoms with Gasteiger partial charge in [-0.15, -0.1) is 0 Å². The Hall–Kier alpha value is -2.23. The fourth-order valence-corrected chi connectivity index (χ4v) is 7.14. The first-order chi connectivity index (χ1) is 17.2. The monoisotopic (exact) mass is 519 g/mol. The molecular weight excluding hydrogens is 482 g/mol. The molecule has 2 heterocycles. The van der Waals surface area contributed by atoms with Gasteiger partial charge in [-0.2, -0.15) is 0 Å². The van der Waals surface area contributed by atoms with Crippen molar-refractivity contribution in [2.45, 2.75) is 101 Å². The molecule has 2 aliphatic heterocycles. The summed E-state index contributed by atoms with van der Waals surface area (Å²) in [7, 11) is -3.72. The zero-order valence-electron chi connectivity index (χ0n) is 20.7. The second-order valence-corrected chi connectivity index (χ2v) is 13.3. The third-order valence-electron chi connectivity index (χ3n) is 8.48. The van der Waals surface area contributed by atoms with Crippen LogP contribution in [-0.4, -0.2) is 60.7 Å². The van der Waals surface area contributed by atoms with Crippen LogP contribution in [0.5, 0.6) is 0 Å². The van der Waals surface area contributed by atoms with Crippen molar-refractivity contribution in [3.8, 4) is 0 Å². The molecule has 10 heteroatoms. The van der Waals surface area contributed by atoms with E-state index in [9.17, 15) is 27.6 Å². The predicted molar refractivity (Wildman–Crippen MR) is 132 cm³/mol. The van der Waals surface area contributed by atoms with Crippen LogP contribution in [0.2, 0.25) is 0 Å². The summed E-state index contributed by atoms with van der Waals surface area (Å²) in [4.78, 5) is 54.4. The van der Waals surface area contributed by atoms with Crippen LogP contribution in [0, 0.1) is 17.3 Å². The highest BCUT2D eigenvalue weighted by molar-refractivity contribution is 7.90. The summed E-state index contributed by atoms with van der Waals surface area (Å²) in [6.07, 6.45) is 12.3. The summed E-state index contributed by atoms with van der Waals surface area (Å²) in [6, 6.07) is -1.28. The van der Waals surface area contributed by atoms with E-state index in [2.05, 4.69) is 10.0 Å². The minimum absolute atomic E-state index is 0.00681. The Balaban J connectivity index is 1.35. The number of Topliss-reactive ketones (excluding diaryl/α,β-unsaturated/α-hetero) is 1. The van der Waals surface area contributed by atoms with Crippen LogP contribution in [-0.2, 0) is 29.2 Å². The van der Waals surface area contributed by atoms with Gasteiger partial charge in [0.25, 0.3) is 0 Å². The van der Waals surface area contributed by atoms with Gasteiger partial charge in [0.1, 0.15) is 6.04 Å². The number of carbonyl (C=O) groups excluding carboxylic acids is 4. The van der Waals surface area contributed by atoms with Gasteiger partial charge < -0.3 is 10.2 Å². The number of carbonyl (C=O) groups is 4. The maximum absolute atomic E-state index is 13.6. The van der Waals surface area contributed by atoms with Crippen LogP contribution in [0.25, 0.3) is 0 Å². The molecule has 1 saturated heterocycles. The first kappa shape index (κ1) is 25.4. The smallest absolute Gasteiger partial charge is 0.245 e. The van der Waals surface area contributed by atoms with Crippen molar-refractivity contribution in [1.82, 2.24) is 14.9 Å². The van der Waals surface area contributed by atoms with E-state index in [0.29, 0.717) is 45.1 Å². The molecule has 0 unspecified atom stereocenters. The molecule has 0 spiro atoms. The van der Waals surface area contributed by atoms with E-state index >= 15 is 0 Å². The van der Waals surface area contributed by atoms with Gasteiger partial charge in [0.2, 0.25) is 27.7 Å². The maximum Gasteiger partial charge on any atom is 0.245 e. The SMILES string of the molecule is O=C(N[C@H]1CCCCC/C=C\[C@@H]2C[C@@]2(C(=O)NS(=O)(=O)C2CC2)CC(=O)[C@@H]2CCCN2C1=O)C1CC1. The van der Waals surface area contributed by atoms with E-state index in [0.717, 1.165) is 38.5 Å². The molecular formula is C26H37N3O6S. The highest BCUT2D eigenvalue weighted by atomic mass is 32.2. The van der Waals surface area contributed by atoms with Crippen LogP contribution in [0.3, 0.4) is 0 Å². The average Bonchev–Trinajstić information content (AvgIpc) is 3.70. The first-order valence-corrected chi connectivity index (χ1v) is 15.1. The van der Waals surface area contributed by atoms with Crippen molar-refractivity contribution < 1.29 is 27.6 Å². The third kappa shape index (κ3) is 5.38. The molecule has 0 bridgehead atoms. The van der Waals surface area contributed by atoms with Crippen molar-refractivity contribution >= 4 is 33.5 Å². The summed E-state index contributed by atoms with van der Waals surface area (Å²) in [6.45, 7) is 0.448. The van der Waals surface area contributed by atoms with Gasteiger partial charge in [0, 0.05) is 18.9 Å². The fourth-order valence-electron chi connectivity index (χ4n) is 5.76. The Labute approximate surface area is 212 Å². The molecule has 36 heavy (non-hydrogen) atoms. The molecule has 198 valence electrons. The van der Waals surface area contributed by atoms with Gasteiger partial charge in [-0.3, -0.25) is 23.9 Å². The summed E-state index contributed by atoms with van der Waals surface area (Å²) in [5, 5.41) is 2.43. The lowest BCUT2D eigenvalue weighted by Gasteiger charge is -2.29. The van der Waals surface area contributed by atoms with Gasteiger partial charge in [-0.05, 0) is 70.1 Å². The molecule has 5 aliphatic rings. The van der Waals surface area contributed by atoms with Crippen molar-refractivity contribution in [2.24, 2.45) is 17.3 Å². The molecule has 2 N–H and O–H groups in total. The number of hydrogen-bond acceptors (Lipinski definition) is 6. The number of nitrogens with zero attached hydrogens (tertiary/aromatic N) is 1. The van der Waals surface area contributed by atoms with Gasteiger partial charge in [0.15, 0.2) is 5.78 Å². The molecule has 3 saturated carbocycles. The summed E-state index contributed by atoms with van der Waals surface area (Å²) in [5.41, 5.74) is -1.08. The number of fused-ring (bicyclic) bond motifs is 2. The van der Waals surface area contributed by atoms with Gasteiger partial charge >= 0.3 is 0 Å². The molecule has 3 aliphatic carbocycles. The number of amides is 3. The van der Waals surface area contributed by atoms with Crippen molar-refractivity contribution in [3.63, 3.8) is 0 Å². The van der Waals surface area contributed by atoms with Crippen molar-refractivity contribution in [3.05, 3.63) is 12.2 Å². The summed E-state index contributed by atoms with van der Waals surface area (Å²) in [5.74, 6) is -1.27. The molecule has 4 fully saturated rings. The number of allylic oxidation sites excluding steroid dienone is 2. The normalized spacial score (nSPS) is 34.6. The largest absolute Gasteiger partial charge is 0.344 e. The van der Waals surface area contributed by atoms with E-state index in [1.165, 1.54) is 0 Å². The molecule has 4 atom stereocenters. The average molecular weight is 520 g/mol. The second-order valence-electron chi connectivity index (χ2n) is 11.4. The van der Waals surface area contributed by atoms with E-state index in [-0.39, 0.29) is 35.9 Å². The molecule has 3 amide bonds. The minimum atomic E-state index is -3.72. The van der Waals surface area contributed by atoms with Crippen LogP contribution in [0.15, 0.2) is 12.2 Å². The molecule has 0 radical (unpaired) electrons. The molecule has 0 aromatic carbocycles. The topological polar surface area (TPSA) is 130 Å². The van der Waals surface area contributed by atoms with E-state index < -0.39 is 38.7 Å². The first-order valence-electron chi connectivity index (χ1n) is 13.6. The Morgan fingerprint density at radius 1 is 0.972 bits per heavy atom. The highest BCUT2D eigenvalue weighted by Crippen LogP contribution is 2.57.